The lowest BCUT2D eigenvalue weighted by Gasteiger charge is -2.27. The normalized spacial score (nSPS) is 15.7. The summed E-state index contributed by atoms with van der Waals surface area (Å²) in [7, 11) is 1.71. The van der Waals surface area contributed by atoms with Crippen molar-refractivity contribution in [3.63, 3.8) is 0 Å². The predicted octanol–water partition coefficient (Wildman–Crippen LogP) is 2.02. The zero-order valence-electron chi connectivity index (χ0n) is 9.85. The third-order valence-electron chi connectivity index (χ3n) is 2.94. The van der Waals surface area contributed by atoms with Gasteiger partial charge in [0.05, 0.1) is 17.1 Å². The molecule has 6 heteroatoms. The van der Waals surface area contributed by atoms with Crippen LogP contribution in [0.25, 0.3) is 0 Å². The molecular formula is C11H16N4O2. The average Bonchev–Trinajstić information content (AvgIpc) is 2.39. The molecule has 0 amide bonds. The monoisotopic (exact) mass is 236 g/mol. The Hall–Kier alpha value is -1.85. The van der Waals surface area contributed by atoms with Crippen molar-refractivity contribution in [1.82, 2.24) is 4.98 Å². The summed E-state index contributed by atoms with van der Waals surface area (Å²) < 4.78 is 0. The highest BCUT2D eigenvalue weighted by molar-refractivity contribution is 5.55. The molecule has 0 aliphatic carbocycles. The fourth-order valence-corrected chi connectivity index (χ4v) is 2.02. The number of piperidine rings is 1. The van der Waals surface area contributed by atoms with Crippen LogP contribution in [0.2, 0.25) is 0 Å². The van der Waals surface area contributed by atoms with E-state index < -0.39 is 0 Å². The number of aromatic nitrogens is 1. The second-order valence-electron chi connectivity index (χ2n) is 4.12. The standard InChI is InChI=1S/C11H16N4O2/c1-12-10-7-9(15(16)17)8-11(13-10)14-5-3-2-4-6-14/h7-8H,2-6H2,1H3,(H,12,13). The lowest BCUT2D eigenvalue weighted by atomic mass is 10.1. The van der Waals surface area contributed by atoms with E-state index in [1.807, 2.05) is 0 Å². The van der Waals surface area contributed by atoms with Crippen molar-refractivity contribution in [1.29, 1.82) is 0 Å². The van der Waals surface area contributed by atoms with Crippen molar-refractivity contribution in [2.75, 3.05) is 30.4 Å². The molecule has 0 atom stereocenters. The van der Waals surface area contributed by atoms with Gasteiger partial charge in [-0.15, -0.1) is 0 Å². The third-order valence-corrected chi connectivity index (χ3v) is 2.94. The van der Waals surface area contributed by atoms with E-state index in [2.05, 4.69) is 15.2 Å². The fourth-order valence-electron chi connectivity index (χ4n) is 2.02. The molecular weight excluding hydrogens is 220 g/mol. The molecule has 0 unspecified atom stereocenters. The molecule has 1 aliphatic rings. The molecule has 1 aromatic heterocycles. The van der Waals surface area contributed by atoms with Gasteiger partial charge < -0.3 is 10.2 Å². The Balaban J connectivity index is 2.31. The molecule has 0 spiro atoms. The highest BCUT2D eigenvalue weighted by Gasteiger charge is 2.17. The summed E-state index contributed by atoms with van der Waals surface area (Å²) in [4.78, 5) is 16.9. The van der Waals surface area contributed by atoms with E-state index in [1.165, 1.54) is 12.5 Å². The van der Waals surface area contributed by atoms with Crippen LogP contribution in [0.5, 0.6) is 0 Å². The van der Waals surface area contributed by atoms with Crippen LogP contribution in [0.1, 0.15) is 19.3 Å². The molecule has 2 heterocycles. The summed E-state index contributed by atoms with van der Waals surface area (Å²) in [6, 6.07) is 3.00. The smallest absolute Gasteiger partial charge is 0.276 e. The Labute approximate surface area is 99.8 Å². The quantitative estimate of drug-likeness (QED) is 0.642. The highest BCUT2D eigenvalue weighted by atomic mass is 16.6. The van der Waals surface area contributed by atoms with Gasteiger partial charge in [0, 0.05) is 20.1 Å². The van der Waals surface area contributed by atoms with Gasteiger partial charge in [-0.3, -0.25) is 10.1 Å². The topological polar surface area (TPSA) is 71.3 Å². The van der Waals surface area contributed by atoms with Gasteiger partial charge in [-0.05, 0) is 19.3 Å². The zero-order chi connectivity index (χ0) is 12.3. The van der Waals surface area contributed by atoms with Gasteiger partial charge in [-0.1, -0.05) is 0 Å². The average molecular weight is 236 g/mol. The van der Waals surface area contributed by atoms with Crippen LogP contribution in [-0.2, 0) is 0 Å². The molecule has 1 saturated heterocycles. The first kappa shape index (κ1) is 11.6. The zero-order valence-corrected chi connectivity index (χ0v) is 9.85. The predicted molar refractivity (Wildman–Crippen MR) is 66.5 cm³/mol. The van der Waals surface area contributed by atoms with Crippen molar-refractivity contribution >= 4 is 17.3 Å². The van der Waals surface area contributed by atoms with E-state index in [0.717, 1.165) is 25.9 Å². The van der Waals surface area contributed by atoms with Gasteiger partial charge in [0.25, 0.3) is 5.69 Å². The number of nitrogens with one attached hydrogen (secondary N) is 1. The van der Waals surface area contributed by atoms with Crippen molar-refractivity contribution in [2.24, 2.45) is 0 Å². The number of pyridine rings is 1. The molecule has 0 radical (unpaired) electrons. The number of nitro groups is 1. The number of hydrogen-bond acceptors (Lipinski definition) is 5. The van der Waals surface area contributed by atoms with Gasteiger partial charge in [0.2, 0.25) is 0 Å². The molecule has 0 saturated carbocycles. The van der Waals surface area contributed by atoms with E-state index in [9.17, 15) is 10.1 Å². The molecule has 1 aliphatic heterocycles. The summed E-state index contributed by atoms with van der Waals surface area (Å²) in [5.74, 6) is 1.24. The summed E-state index contributed by atoms with van der Waals surface area (Å²) in [6.07, 6.45) is 3.48. The molecule has 17 heavy (non-hydrogen) atoms. The molecule has 0 aromatic carbocycles. The van der Waals surface area contributed by atoms with Gasteiger partial charge in [-0.25, -0.2) is 4.98 Å². The summed E-state index contributed by atoms with van der Waals surface area (Å²) in [6.45, 7) is 1.86. The minimum Gasteiger partial charge on any atom is -0.373 e. The minimum atomic E-state index is -0.379. The lowest BCUT2D eigenvalue weighted by molar-refractivity contribution is -0.384. The van der Waals surface area contributed by atoms with Crippen molar-refractivity contribution in [2.45, 2.75) is 19.3 Å². The van der Waals surface area contributed by atoms with Crippen LogP contribution in [0.4, 0.5) is 17.3 Å². The summed E-state index contributed by atoms with van der Waals surface area (Å²) in [5, 5.41) is 13.7. The molecule has 6 nitrogen and oxygen atoms in total. The largest absolute Gasteiger partial charge is 0.373 e. The van der Waals surface area contributed by atoms with E-state index in [-0.39, 0.29) is 10.6 Å². The lowest BCUT2D eigenvalue weighted by Crippen LogP contribution is -2.30. The van der Waals surface area contributed by atoms with Crippen LogP contribution in [0, 0.1) is 10.1 Å². The molecule has 1 N–H and O–H groups in total. The number of anilines is 2. The first-order valence-corrected chi connectivity index (χ1v) is 5.80. The number of hydrogen-bond donors (Lipinski definition) is 1. The van der Waals surface area contributed by atoms with Gasteiger partial charge in [0.15, 0.2) is 0 Å². The van der Waals surface area contributed by atoms with Crippen molar-refractivity contribution in [3.05, 3.63) is 22.2 Å². The van der Waals surface area contributed by atoms with Crippen molar-refractivity contribution < 1.29 is 4.92 Å². The van der Waals surface area contributed by atoms with Gasteiger partial charge in [-0.2, -0.15) is 0 Å². The minimum absolute atomic E-state index is 0.0879. The van der Waals surface area contributed by atoms with E-state index in [1.54, 1.807) is 13.1 Å². The van der Waals surface area contributed by atoms with E-state index in [4.69, 9.17) is 0 Å². The molecule has 2 rings (SSSR count). The van der Waals surface area contributed by atoms with Crippen LogP contribution in [0.15, 0.2) is 12.1 Å². The maximum atomic E-state index is 10.8. The SMILES string of the molecule is CNc1cc([N+](=O)[O-])cc(N2CCCCC2)n1. The second kappa shape index (κ2) is 4.99. The van der Waals surface area contributed by atoms with Crippen LogP contribution in [0.3, 0.4) is 0 Å². The van der Waals surface area contributed by atoms with Crippen molar-refractivity contribution in [3.8, 4) is 0 Å². The molecule has 1 aromatic rings. The van der Waals surface area contributed by atoms with Gasteiger partial charge >= 0.3 is 0 Å². The number of rotatable bonds is 3. The highest BCUT2D eigenvalue weighted by Crippen LogP contribution is 2.25. The van der Waals surface area contributed by atoms with Crippen LogP contribution >= 0.6 is 0 Å². The Bertz CT molecular complexity index is 416. The Morgan fingerprint density at radius 2 is 2.06 bits per heavy atom. The summed E-state index contributed by atoms with van der Waals surface area (Å²) >= 11 is 0. The Morgan fingerprint density at radius 1 is 1.35 bits per heavy atom. The first-order valence-electron chi connectivity index (χ1n) is 5.80. The molecule has 92 valence electrons. The van der Waals surface area contributed by atoms with Crippen LogP contribution < -0.4 is 10.2 Å². The third kappa shape index (κ3) is 2.64. The second-order valence-corrected chi connectivity index (χ2v) is 4.12. The van der Waals surface area contributed by atoms with E-state index >= 15 is 0 Å². The fraction of sp³-hybridized carbons (Fsp3) is 0.545. The Kier molecular flexibility index (Phi) is 3.41. The number of nitrogens with zero attached hydrogens (tertiary/aromatic N) is 3. The van der Waals surface area contributed by atoms with Crippen LogP contribution in [-0.4, -0.2) is 30.0 Å². The maximum Gasteiger partial charge on any atom is 0.276 e. The Morgan fingerprint density at radius 3 is 2.65 bits per heavy atom. The van der Waals surface area contributed by atoms with Gasteiger partial charge in [0.1, 0.15) is 11.6 Å². The first-order chi connectivity index (χ1) is 8.20. The summed E-state index contributed by atoms with van der Waals surface area (Å²) in [5.41, 5.74) is 0.0879. The maximum absolute atomic E-state index is 10.8. The molecule has 1 fully saturated rings. The molecule has 0 bridgehead atoms. The van der Waals surface area contributed by atoms with E-state index in [0.29, 0.717) is 11.6 Å².